The van der Waals surface area contributed by atoms with Crippen LogP contribution in [0.25, 0.3) is 11.5 Å². The second-order valence-electron chi connectivity index (χ2n) is 6.04. The predicted molar refractivity (Wildman–Crippen MR) is 99.3 cm³/mol. The second-order valence-corrected chi connectivity index (χ2v) is 6.04. The standard InChI is InChI=1S/C19H15N3O7/c1-12-7-8-14(9-15(12)22(26)27)16(23)11-28-17(24)10-21-19(25)29-18(20-21)13-5-3-2-4-6-13/h2-9H,10-11H2,1H3. The third-order valence-corrected chi connectivity index (χ3v) is 4.00. The molecule has 0 amide bonds. The van der Waals surface area contributed by atoms with E-state index in [9.17, 15) is 24.5 Å². The Labute approximate surface area is 163 Å². The number of carbonyl (C=O) groups is 2. The number of nitro benzene ring substituents is 1. The Bertz CT molecular complexity index is 1130. The highest BCUT2D eigenvalue weighted by molar-refractivity contribution is 5.98. The Morgan fingerprint density at radius 1 is 1.21 bits per heavy atom. The maximum Gasteiger partial charge on any atom is 0.437 e. The summed E-state index contributed by atoms with van der Waals surface area (Å²) in [4.78, 5) is 46.3. The van der Waals surface area contributed by atoms with E-state index in [1.54, 1.807) is 37.3 Å². The van der Waals surface area contributed by atoms with E-state index in [-0.39, 0.29) is 17.1 Å². The first-order chi connectivity index (χ1) is 13.8. The number of nitro groups is 1. The van der Waals surface area contributed by atoms with Gasteiger partial charge in [-0.05, 0) is 19.1 Å². The summed E-state index contributed by atoms with van der Waals surface area (Å²) in [7, 11) is 0. The molecule has 1 aromatic heterocycles. The van der Waals surface area contributed by atoms with Crippen LogP contribution in [0.4, 0.5) is 5.69 Å². The zero-order valence-corrected chi connectivity index (χ0v) is 15.2. The van der Waals surface area contributed by atoms with Gasteiger partial charge in [0.25, 0.3) is 5.69 Å². The van der Waals surface area contributed by atoms with Crippen LogP contribution in [-0.2, 0) is 16.1 Å². The highest BCUT2D eigenvalue weighted by atomic mass is 16.6. The second kappa shape index (κ2) is 8.30. The number of Topliss-reactive ketones (excluding diaryl/α,β-unsaturated/α-hetero) is 1. The van der Waals surface area contributed by atoms with Gasteiger partial charge in [-0.3, -0.25) is 19.7 Å². The lowest BCUT2D eigenvalue weighted by Crippen LogP contribution is -2.24. The van der Waals surface area contributed by atoms with Crippen molar-refractivity contribution < 1.29 is 23.7 Å². The zero-order valence-electron chi connectivity index (χ0n) is 15.2. The van der Waals surface area contributed by atoms with Crippen LogP contribution in [0.3, 0.4) is 0 Å². The number of ketones is 1. The van der Waals surface area contributed by atoms with E-state index in [4.69, 9.17) is 9.15 Å². The summed E-state index contributed by atoms with van der Waals surface area (Å²) >= 11 is 0. The van der Waals surface area contributed by atoms with Gasteiger partial charge in [0.15, 0.2) is 6.61 Å². The van der Waals surface area contributed by atoms with Crippen LogP contribution in [-0.4, -0.2) is 33.1 Å². The minimum Gasteiger partial charge on any atom is -0.456 e. The Morgan fingerprint density at radius 3 is 2.62 bits per heavy atom. The summed E-state index contributed by atoms with van der Waals surface area (Å²) in [6.07, 6.45) is 0. The molecule has 3 aromatic rings. The molecule has 1 heterocycles. The van der Waals surface area contributed by atoms with Crippen molar-refractivity contribution in [1.29, 1.82) is 0 Å². The molecular weight excluding hydrogens is 382 g/mol. The van der Waals surface area contributed by atoms with Crippen molar-refractivity contribution in [2.75, 3.05) is 6.61 Å². The zero-order chi connectivity index (χ0) is 21.0. The van der Waals surface area contributed by atoms with Crippen molar-refractivity contribution >= 4 is 17.4 Å². The number of rotatable bonds is 7. The molecule has 0 aliphatic heterocycles. The highest BCUT2D eigenvalue weighted by Gasteiger charge is 2.18. The first-order valence-electron chi connectivity index (χ1n) is 8.42. The topological polar surface area (TPSA) is 135 Å². The van der Waals surface area contributed by atoms with Crippen LogP contribution >= 0.6 is 0 Å². The number of carbonyl (C=O) groups excluding carboxylic acids is 2. The van der Waals surface area contributed by atoms with Gasteiger partial charge in [0.05, 0.1) is 4.92 Å². The fourth-order valence-electron chi connectivity index (χ4n) is 2.48. The van der Waals surface area contributed by atoms with Gasteiger partial charge in [0.2, 0.25) is 11.7 Å². The maximum absolute atomic E-state index is 12.1. The molecule has 0 unspecified atom stereocenters. The van der Waals surface area contributed by atoms with Crippen molar-refractivity contribution in [3.63, 3.8) is 0 Å². The summed E-state index contributed by atoms with van der Waals surface area (Å²) in [6.45, 7) is 0.374. The molecular formula is C19H15N3O7. The molecule has 3 rings (SSSR count). The number of esters is 1. The number of aryl methyl sites for hydroxylation is 1. The number of hydrogen-bond acceptors (Lipinski definition) is 8. The van der Waals surface area contributed by atoms with E-state index in [0.717, 1.165) is 10.7 Å². The van der Waals surface area contributed by atoms with Crippen molar-refractivity contribution in [2.24, 2.45) is 0 Å². The molecule has 0 spiro atoms. The Morgan fingerprint density at radius 2 is 1.93 bits per heavy atom. The van der Waals surface area contributed by atoms with Gasteiger partial charge in [-0.25, -0.2) is 4.79 Å². The summed E-state index contributed by atoms with van der Waals surface area (Å²) in [5, 5.41) is 14.9. The van der Waals surface area contributed by atoms with E-state index in [1.165, 1.54) is 12.1 Å². The number of ether oxygens (including phenoxy) is 1. The molecule has 0 aliphatic carbocycles. The van der Waals surface area contributed by atoms with Crippen LogP contribution in [0, 0.1) is 17.0 Å². The van der Waals surface area contributed by atoms with Crippen LogP contribution in [0.5, 0.6) is 0 Å². The average Bonchev–Trinajstić information content (AvgIpc) is 3.07. The minimum atomic E-state index is -0.880. The van der Waals surface area contributed by atoms with Crippen LogP contribution in [0.15, 0.2) is 57.7 Å². The molecule has 0 bridgehead atoms. The van der Waals surface area contributed by atoms with Crippen LogP contribution in [0.1, 0.15) is 15.9 Å². The minimum absolute atomic E-state index is 0.0417. The van der Waals surface area contributed by atoms with Gasteiger partial charge in [-0.2, -0.15) is 4.68 Å². The summed E-state index contributed by atoms with van der Waals surface area (Å²) in [6, 6.07) is 12.6. The summed E-state index contributed by atoms with van der Waals surface area (Å²) < 4.78 is 10.6. The lowest BCUT2D eigenvalue weighted by molar-refractivity contribution is -0.385. The third-order valence-electron chi connectivity index (χ3n) is 4.00. The fraction of sp³-hybridized carbons (Fsp3) is 0.158. The van der Waals surface area contributed by atoms with E-state index in [0.29, 0.717) is 11.1 Å². The normalized spacial score (nSPS) is 10.5. The monoisotopic (exact) mass is 397 g/mol. The number of nitrogens with zero attached hydrogens (tertiary/aromatic N) is 3. The molecule has 0 aliphatic rings. The molecule has 0 saturated carbocycles. The Balaban J connectivity index is 1.63. The average molecular weight is 397 g/mol. The quantitative estimate of drug-likeness (QED) is 0.256. The highest BCUT2D eigenvalue weighted by Crippen LogP contribution is 2.19. The maximum atomic E-state index is 12.1. The number of hydrogen-bond donors (Lipinski definition) is 0. The first-order valence-corrected chi connectivity index (χ1v) is 8.42. The smallest absolute Gasteiger partial charge is 0.437 e. The van der Waals surface area contributed by atoms with Gasteiger partial charge in [-0.1, -0.05) is 30.3 Å². The molecule has 2 aromatic carbocycles. The molecule has 0 atom stereocenters. The molecule has 10 nitrogen and oxygen atoms in total. The Hall–Kier alpha value is -4.08. The first kappa shape index (κ1) is 19.7. The molecule has 0 N–H and O–H groups in total. The molecule has 10 heteroatoms. The van der Waals surface area contributed by atoms with Gasteiger partial charge in [0, 0.05) is 22.8 Å². The summed E-state index contributed by atoms with van der Waals surface area (Å²) in [5.74, 6) is -2.29. The molecule has 0 radical (unpaired) electrons. The van der Waals surface area contributed by atoms with Crippen molar-refractivity contribution in [2.45, 2.75) is 13.5 Å². The van der Waals surface area contributed by atoms with Gasteiger partial charge < -0.3 is 9.15 Å². The van der Waals surface area contributed by atoms with Gasteiger partial charge in [-0.15, -0.1) is 5.10 Å². The van der Waals surface area contributed by atoms with Crippen molar-refractivity contribution in [3.05, 3.63) is 80.3 Å². The van der Waals surface area contributed by atoms with E-state index in [1.807, 2.05) is 0 Å². The van der Waals surface area contributed by atoms with E-state index >= 15 is 0 Å². The predicted octanol–water partition coefficient (Wildman–Crippen LogP) is 2.15. The van der Waals surface area contributed by atoms with E-state index in [2.05, 4.69) is 5.10 Å². The molecule has 0 saturated heterocycles. The van der Waals surface area contributed by atoms with Crippen LogP contribution in [0.2, 0.25) is 0 Å². The third kappa shape index (κ3) is 4.61. The Kier molecular flexibility index (Phi) is 5.63. The van der Waals surface area contributed by atoms with Crippen molar-refractivity contribution in [1.82, 2.24) is 9.78 Å². The van der Waals surface area contributed by atoms with Crippen molar-refractivity contribution in [3.8, 4) is 11.5 Å². The summed E-state index contributed by atoms with van der Waals surface area (Å²) in [5.41, 5.74) is 0.806. The molecule has 148 valence electrons. The largest absolute Gasteiger partial charge is 0.456 e. The van der Waals surface area contributed by atoms with E-state index < -0.39 is 35.6 Å². The molecule has 29 heavy (non-hydrogen) atoms. The number of aromatic nitrogens is 2. The molecule has 0 fully saturated rings. The van der Waals surface area contributed by atoms with Gasteiger partial charge >= 0.3 is 11.7 Å². The lowest BCUT2D eigenvalue weighted by atomic mass is 10.1. The number of benzene rings is 2. The van der Waals surface area contributed by atoms with Gasteiger partial charge in [0.1, 0.15) is 6.54 Å². The SMILES string of the molecule is Cc1ccc(C(=O)COC(=O)Cn2nc(-c3ccccc3)oc2=O)cc1[N+](=O)[O-]. The fourth-order valence-corrected chi connectivity index (χ4v) is 2.48. The lowest BCUT2D eigenvalue weighted by Gasteiger charge is -2.05. The van der Waals surface area contributed by atoms with Crippen LogP contribution < -0.4 is 5.76 Å².